The number of amides is 1. The fourth-order valence-electron chi connectivity index (χ4n) is 3.75. The average Bonchev–Trinajstić information content (AvgIpc) is 2.58. The van der Waals surface area contributed by atoms with Crippen molar-refractivity contribution in [2.45, 2.75) is 51.7 Å². The molecule has 0 aromatic carbocycles. The number of rotatable bonds is 3. The van der Waals surface area contributed by atoms with E-state index in [1.807, 2.05) is 0 Å². The molecule has 7 nitrogen and oxygen atoms in total. The van der Waals surface area contributed by atoms with Gasteiger partial charge in [-0.15, -0.1) is 0 Å². The molecule has 2 atom stereocenters. The summed E-state index contributed by atoms with van der Waals surface area (Å²) in [4.78, 5) is 37.9. The van der Waals surface area contributed by atoms with Crippen LogP contribution >= 0.6 is 0 Å². The van der Waals surface area contributed by atoms with Crippen LogP contribution in [-0.2, 0) is 14.3 Å². The zero-order valence-corrected chi connectivity index (χ0v) is 14.6. The topological polar surface area (TPSA) is 86.1 Å². The van der Waals surface area contributed by atoms with Crippen LogP contribution in [0.25, 0.3) is 0 Å². The van der Waals surface area contributed by atoms with Crippen molar-refractivity contribution in [2.24, 2.45) is 0 Å². The summed E-state index contributed by atoms with van der Waals surface area (Å²) in [6.45, 7) is 3.89. The Morgan fingerprint density at radius 2 is 2.04 bits per heavy atom. The lowest BCUT2D eigenvalue weighted by molar-refractivity contribution is -0.152. The summed E-state index contributed by atoms with van der Waals surface area (Å²) in [5.41, 5.74) is 0.161. The quantitative estimate of drug-likeness (QED) is 0.770. The Balaban J connectivity index is 1.64. The molecule has 0 N–H and O–H groups in total. The standard InChI is InChI=1S/C18H23NO6/c1-11-9-16(21)25-12(2)17(11)18(22)24-10-15(20)19-7-8-23-14-6-4-3-5-13(14)19/h9,13-14H,3-8,10H2,1-2H3/t13-,14+/m1/s1. The van der Waals surface area contributed by atoms with Crippen molar-refractivity contribution >= 4 is 11.9 Å². The first-order chi connectivity index (χ1) is 12.0. The zero-order valence-electron chi connectivity index (χ0n) is 14.6. The van der Waals surface area contributed by atoms with Gasteiger partial charge in [0, 0.05) is 12.6 Å². The Hall–Kier alpha value is -2.15. The van der Waals surface area contributed by atoms with Gasteiger partial charge < -0.3 is 18.8 Å². The molecule has 1 aromatic heterocycles. The van der Waals surface area contributed by atoms with E-state index in [0.29, 0.717) is 18.7 Å². The Bertz CT molecular complexity index is 697. The molecule has 2 heterocycles. The van der Waals surface area contributed by atoms with E-state index < -0.39 is 11.6 Å². The number of hydrogen-bond donors (Lipinski definition) is 0. The van der Waals surface area contributed by atoms with Gasteiger partial charge in [0.2, 0.25) is 0 Å². The first kappa shape index (κ1) is 17.7. The van der Waals surface area contributed by atoms with Crippen LogP contribution in [-0.4, -0.2) is 48.7 Å². The van der Waals surface area contributed by atoms with Gasteiger partial charge in [-0.05, 0) is 32.3 Å². The Morgan fingerprint density at radius 3 is 2.80 bits per heavy atom. The fraction of sp³-hybridized carbons (Fsp3) is 0.611. The van der Waals surface area contributed by atoms with Crippen LogP contribution in [0.4, 0.5) is 0 Å². The summed E-state index contributed by atoms with van der Waals surface area (Å²) in [6, 6.07) is 1.31. The minimum Gasteiger partial charge on any atom is -0.452 e. The van der Waals surface area contributed by atoms with Crippen molar-refractivity contribution < 1.29 is 23.5 Å². The van der Waals surface area contributed by atoms with Gasteiger partial charge in [-0.2, -0.15) is 0 Å². The lowest BCUT2D eigenvalue weighted by atomic mass is 9.90. The predicted octanol–water partition coefficient (Wildman–Crippen LogP) is 1.58. The highest BCUT2D eigenvalue weighted by molar-refractivity contribution is 5.93. The number of carbonyl (C=O) groups is 2. The molecule has 0 radical (unpaired) electrons. The summed E-state index contributed by atoms with van der Waals surface area (Å²) in [7, 11) is 0. The van der Waals surface area contributed by atoms with E-state index >= 15 is 0 Å². The van der Waals surface area contributed by atoms with E-state index in [9.17, 15) is 14.4 Å². The second-order valence-electron chi connectivity index (χ2n) is 6.60. The maximum absolute atomic E-state index is 12.5. The lowest BCUT2D eigenvalue weighted by Gasteiger charge is -2.43. The zero-order chi connectivity index (χ0) is 18.0. The van der Waals surface area contributed by atoms with E-state index in [-0.39, 0.29) is 36.0 Å². The third kappa shape index (κ3) is 3.76. The molecule has 1 aromatic rings. The second-order valence-corrected chi connectivity index (χ2v) is 6.60. The minimum absolute atomic E-state index is 0.0759. The van der Waals surface area contributed by atoms with Gasteiger partial charge >= 0.3 is 11.6 Å². The van der Waals surface area contributed by atoms with Crippen molar-refractivity contribution in [3.05, 3.63) is 33.4 Å². The maximum Gasteiger partial charge on any atom is 0.342 e. The molecular weight excluding hydrogens is 326 g/mol. The molecule has 25 heavy (non-hydrogen) atoms. The van der Waals surface area contributed by atoms with Gasteiger partial charge in [0.05, 0.1) is 18.8 Å². The summed E-state index contributed by atoms with van der Waals surface area (Å²) in [6.07, 6.45) is 4.18. The molecule has 1 amide bonds. The summed E-state index contributed by atoms with van der Waals surface area (Å²) < 4.78 is 15.9. The van der Waals surface area contributed by atoms with Crippen LogP contribution in [0.5, 0.6) is 0 Å². The third-order valence-corrected chi connectivity index (χ3v) is 4.92. The van der Waals surface area contributed by atoms with Crippen molar-refractivity contribution in [3.63, 3.8) is 0 Å². The van der Waals surface area contributed by atoms with Gasteiger partial charge in [0.1, 0.15) is 11.3 Å². The fourth-order valence-corrected chi connectivity index (χ4v) is 3.75. The number of ether oxygens (including phenoxy) is 2. The van der Waals surface area contributed by atoms with E-state index in [4.69, 9.17) is 13.9 Å². The number of hydrogen-bond acceptors (Lipinski definition) is 6. The van der Waals surface area contributed by atoms with E-state index in [1.165, 1.54) is 13.0 Å². The molecule has 2 fully saturated rings. The molecule has 1 saturated heterocycles. The molecular formula is C18H23NO6. The van der Waals surface area contributed by atoms with Crippen LogP contribution in [0.2, 0.25) is 0 Å². The molecule has 7 heteroatoms. The van der Waals surface area contributed by atoms with Crippen LogP contribution in [0.15, 0.2) is 15.3 Å². The van der Waals surface area contributed by atoms with Gasteiger partial charge in [-0.3, -0.25) is 4.79 Å². The SMILES string of the molecule is Cc1cc(=O)oc(C)c1C(=O)OCC(=O)N1CCO[C@H]2CCCC[C@H]21. The molecule has 1 saturated carbocycles. The van der Waals surface area contributed by atoms with Gasteiger partial charge in [0.25, 0.3) is 5.91 Å². The van der Waals surface area contributed by atoms with Crippen molar-refractivity contribution in [1.82, 2.24) is 4.90 Å². The Labute approximate surface area is 145 Å². The molecule has 3 rings (SSSR count). The largest absolute Gasteiger partial charge is 0.452 e. The number of esters is 1. The van der Waals surface area contributed by atoms with Crippen LogP contribution in [0.1, 0.15) is 47.4 Å². The van der Waals surface area contributed by atoms with Gasteiger partial charge in [-0.25, -0.2) is 9.59 Å². The van der Waals surface area contributed by atoms with Gasteiger partial charge in [0.15, 0.2) is 6.61 Å². The van der Waals surface area contributed by atoms with Crippen molar-refractivity contribution in [2.75, 3.05) is 19.8 Å². The number of nitrogens with zero attached hydrogens (tertiary/aromatic N) is 1. The second kappa shape index (κ2) is 7.39. The smallest absolute Gasteiger partial charge is 0.342 e. The normalized spacial score (nSPS) is 23.0. The summed E-state index contributed by atoms with van der Waals surface area (Å²) in [5.74, 6) is -0.664. The molecule has 1 aliphatic heterocycles. The summed E-state index contributed by atoms with van der Waals surface area (Å²) >= 11 is 0. The van der Waals surface area contributed by atoms with Gasteiger partial charge in [-0.1, -0.05) is 12.8 Å². The molecule has 0 unspecified atom stereocenters. The van der Waals surface area contributed by atoms with Crippen LogP contribution < -0.4 is 5.63 Å². The average molecular weight is 349 g/mol. The van der Waals surface area contributed by atoms with E-state index in [1.54, 1.807) is 11.8 Å². The highest BCUT2D eigenvalue weighted by Gasteiger charge is 2.36. The van der Waals surface area contributed by atoms with Crippen LogP contribution in [0, 0.1) is 13.8 Å². The highest BCUT2D eigenvalue weighted by Crippen LogP contribution is 2.28. The number of fused-ring (bicyclic) bond motifs is 1. The molecule has 136 valence electrons. The first-order valence-electron chi connectivity index (χ1n) is 8.67. The monoisotopic (exact) mass is 349 g/mol. The maximum atomic E-state index is 12.5. The van der Waals surface area contributed by atoms with E-state index in [2.05, 4.69) is 0 Å². The molecule has 0 bridgehead atoms. The molecule has 1 aliphatic carbocycles. The molecule has 0 spiro atoms. The molecule has 2 aliphatic rings. The Morgan fingerprint density at radius 1 is 1.28 bits per heavy atom. The highest BCUT2D eigenvalue weighted by atomic mass is 16.5. The van der Waals surface area contributed by atoms with Crippen molar-refractivity contribution in [1.29, 1.82) is 0 Å². The van der Waals surface area contributed by atoms with E-state index in [0.717, 1.165) is 25.7 Å². The third-order valence-electron chi connectivity index (χ3n) is 4.92. The number of aryl methyl sites for hydroxylation is 2. The summed E-state index contributed by atoms with van der Waals surface area (Å²) in [5, 5.41) is 0. The first-order valence-corrected chi connectivity index (χ1v) is 8.67. The minimum atomic E-state index is -0.652. The lowest BCUT2D eigenvalue weighted by Crippen LogP contribution is -2.55. The number of morpholine rings is 1. The predicted molar refractivity (Wildman–Crippen MR) is 88.4 cm³/mol. The van der Waals surface area contributed by atoms with Crippen LogP contribution in [0.3, 0.4) is 0 Å². The number of carbonyl (C=O) groups excluding carboxylic acids is 2. The van der Waals surface area contributed by atoms with Crippen molar-refractivity contribution in [3.8, 4) is 0 Å². The Kier molecular flexibility index (Phi) is 5.22.